The van der Waals surface area contributed by atoms with Crippen LogP contribution in [0.5, 0.6) is 0 Å². The Morgan fingerprint density at radius 1 is 0.540 bits per heavy atom. The zero-order valence-electron chi connectivity index (χ0n) is 40.3. The van der Waals surface area contributed by atoms with E-state index in [1.54, 1.807) is 0 Å². The normalized spacial score (nSPS) is 14.2. The number of unbranched alkanes of at least 4 members (excludes halogenated alkanes) is 1. The SMILES string of the molecule is CC(C)C(C)(C)C.CC(C)C(C)(C)C#N.CC(C)S(C(F)(F)F)(C(F)(F)F)(C(F)(F)F)(C(F)(F)F)C(F)(F)F.CC(C)c1ccc(F)cc1.CCCCOC(C)C.CCOC(C)C. The van der Waals surface area contributed by atoms with E-state index in [2.05, 4.69) is 89.2 Å². The van der Waals surface area contributed by atoms with Gasteiger partial charge in [0, 0.05) is 18.5 Å². The quantitative estimate of drug-likeness (QED) is 0.183. The van der Waals surface area contributed by atoms with Crippen LogP contribution in [0.2, 0.25) is 0 Å². The highest BCUT2D eigenvalue weighted by atomic mass is 32.4. The highest BCUT2D eigenvalue weighted by Crippen LogP contribution is 3.20. The van der Waals surface area contributed by atoms with Crippen LogP contribution in [0.3, 0.4) is 0 Å². The molecule has 0 amide bonds. The molecule has 0 aliphatic rings. The third kappa shape index (κ3) is 13.9. The zero-order chi connectivity index (χ0) is 52.3. The molecule has 0 unspecified atom stereocenters. The number of halogens is 16. The summed E-state index contributed by atoms with van der Waals surface area (Å²) in [6.45, 7) is 35.5. The van der Waals surface area contributed by atoms with Gasteiger partial charge in [-0.3, -0.25) is 0 Å². The molecule has 0 saturated heterocycles. The van der Waals surface area contributed by atoms with Crippen LogP contribution in [0.15, 0.2) is 24.3 Å². The first-order valence-corrected chi connectivity index (χ1v) is 22.8. The van der Waals surface area contributed by atoms with Gasteiger partial charge in [0.1, 0.15) is 14.1 Å². The van der Waals surface area contributed by atoms with Crippen LogP contribution in [0.25, 0.3) is 0 Å². The first-order chi connectivity index (χ1) is 27.6. The number of hydrogen-bond acceptors (Lipinski definition) is 3. The van der Waals surface area contributed by atoms with Crippen LogP contribution in [0.4, 0.5) is 70.2 Å². The largest absolute Gasteiger partial charge is 0.442 e. The van der Waals surface area contributed by atoms with E-state index in [4.69, 9.17) is 14.7 Å². The lowest BCUT2D eigenvalue weighted by molar-refractivity contribution is -0.211. The summed E-state index contributed by atoms with van der Waals surface area (Å²) < 4.78 is 219. The number of rotatable bonds is 9. The molecule has 63 heavy (non-hydrogen) atoms. The average molecular weight is 974 g/mol. The maximum Gasteiger partial charge on any atom is 0.442 e. The summed E-state index contributed by atoms with van der Waals surface area (Å²) in [5.41, 5.74) is -42.6. The predicted molar refractivity (Wildman–Crippen MR) is 225 cm³/mol. The third-order valence-corrected chi connectivity index (χ3v) is 18.9. The van der Waals surface area contributed by atoms with Gasteiger partial charge in [-0.25, -0.2) is 4.39 Å². The van der Waals surface area contributed by atoms with Crippen LogP contribution >= 0.6 is 8.29 Å². The van der Waals surface area contributed by atoms with Crippen molar-refractivity contribution < 1.29 is 79.7 Å². The summed E-state index contributed by atoms with van der Waals surface area (Å²) in [4.78, 5) is 0. The van der Waals surface area contributed by atoms with Crippen LogP contribution in [-0.2, 0) is 9.47 Å². The lowest BCUT2D eigenvalue weighted by Gasteiger charge is -2.77. The van der Waals surface area contributed by atoms with E-state index >= 15 is 0 Å². The fourth-order valence-corrected chi connectivity index (χ4v) is 9.72. The summed E-state index contributed by atoms with van der Waals surface area (Å²) in [6.07, 6.45) is 3.22. The van der Waals surface area contributed by atoms with Gasteiger partial charge in [-0.05, 0) is 95.8 Å². The van der Waals surface area contributed by atoms with Gasteiger partial charge >= 0.3 is 27.5 Å². The van der Waals surface area contributed by atoms with Crippen molar-refractivity contribution in [1.29, 1.82) is 5.26 Å². The van der Waals surface area contributed by atoms with Gasteiger partial charge in [0.25, 0.3) is 0 Å². The summed E-state index contributed by atoms with van der Waals surface area (Å²) >= 11 is 0. The second-order valence-corrected chi connectivity index (χ2v) is 24.4. The van der Waals surface area contributed by atoms with Gasteiger partial charge in [0.05, 0.1) is 23.7 Å². The summed E-state index contributed by atoms with van der Waals surface area (Å²) in [7, 11) is -13.0. The smallest absolute Gasteiger partial charge is 0.379 e. The number of hydrogen-bond donors (Lipinski definition) is 0. The maximum atomic E-state index is 13.1. The molecule has 0 atom stereocenters. The number of benzene rings is 1. The Morgan fingerprint density at radius 2 is 0.841 bits per heavy atom. The summed E-state index contributed by atoms with van der Waals surface area (Å²) in [5, 5.41) is 3.49. The van der Waals surface area contributed by atoms with Gasteiger partial charge in [-0.2, -0.15) is 71.1 Å². The van der Waals surface area contributed by atoms with Crippen LogP contribution in [0.1, 0.15) is 156 Å². The molecule has 1 aromatic carbocycles. The fraction of sp³-hybridized carbons (Fsp3) is 0.837. The molecule has 0 aliphatic carbocycles. The van der Waals surface area contributed by atoms with Crippen molar-refractivity contribution in [2.45, 2.75) is 195 Å². The Hall–Kier alpha value is -2.14. The van der Waals surface area contributed by atoms with Gasteiger partial charge in [0.15, 0.2) is 0 Å². The minimum Gasteiger partial charge on any atom is -0.379 e. The topological polar surface area (TPSA) is 42.2 Å². The minimum atomic E-state index is -13.0. The number of alkyl halides is 15. The molecule has 0 aromatic heterocycles. The molecule has 1 rings (SSSR count). The lowest BCUT2D eigenvalue weighted by Crippen LogP contribution is -2.82. The Bertz CT molecular complexity index is 1320. The molecular formula is C43H75F16NO2S. The van der Waals surface area contributed by atoms with E-state index < -0.39 is 54.9 Å². The van der Waals surface area contributed by atoms with Gasteiger partial charge < -0.3 is 9.47 Å². The standard InChI is InChI=1S/C9H11F.C8H7F15S.C7H13N.C7H16O.C7H16.C5H12O/c1-7(2)8-3-5-9(10)6-4-8;1-3(2)24(4(9,10)11,5(12,13)14,6(15,16)17,7(18,19)20)8(21,22)23;1-6(2)7(3,4)5-8;1-4-5-6-8-7(2)3;1-6(2)7(3,4)5;1-4-6-5(2)3/h3-7H,1-2H3;3H,1-2H3;6H,1-4H3;7H,4-6H2,1-3H3;6H,1-5H3;5H,4H2,1-3H3. The van der Waals surface area contributed by atoms with Gasteiger partial charge in [-0.15, -0.1) is 0 Å². The highest BCUT2D eigenvalue weighted by molar-refractivity contribution is 8.67. The van der Waals surface area contributed by atoms with E-state index in [0.717, 1.165) is 19.1 Å². The highest BCUT2D eigenvalue weighted by Gasteiger charge is 3.21. The van der Waals surface area contributed by atoms with Crippen molar-refractivity contribution in [2.24, 2.45) is 22.7 Å². The molecular weight excluding hydrogens is 899 g/mol. The van der Waals surface area contributed by atoms with Crippen molar-refractivity contribution in [1.82, 2.24) is 0 Å². The van der Waals surface area contributed by atoms with Crippen LogP contribution in [-0.4, -0.2) is 58.2 Å². The van der Waals surface area contributed by atoms with Crippen molar-refractivity contribution in [3.8, 4) is 6.07 Å². The molecule has 3 nitrogen and oxygen atoms in total. The minimum absolute atomic E-state index is 0.153. The molecule has 1 aromatic rings. The van der Waals surface area contributed by atoms with E-state index in [1.165, 1.54) is 30.5 Å². The molecule has 0 fully saturated rings. The van der Waals surface area contributed by atoms with Crippen molar-refractivity contribution in [2.75, 3.05) is 13.2 Å². The van der Waals surface area contributed by atoms with Gasteiger partial charge in [0.2, 0.25) is 0 Å². The number of ether oxygens (including phenoxy) is 2. The van der Waals surface area contributed by atoms with E-state index in [1.807, 2.05) is 46.8 Å². The third-order valence-electron chi connectivity index (χ3n) is 10.6. The summed E-state index contributed by atoms with van der Waals surface area (Å²) in [5.74, 6) is 1.57. The maximum absolute atomic E-state index is 13.1. The Labute approximate surface area is 365 Å². The average Bonchev–Trinajstić information content (AvgIpc) is 3.03. The van der Waals surface area contributed by atoms with Crippen molar-refractivity contribution in [3.05, 3.63) is 35.6 Å². The Balaban J connectivity index is -0.000000237. The van der Waals surface area contributed by atoms with E-state index in [-0.39, 0.29) is 11.2 Å². The zero-order valence-corrected chi connectivity index (χ0v) is 41.1. The molecule has 0 aliphatic heterocycles. The predicted octanol–water partition coefficient (Wildman–Crippen LogP) is 18.3. The molecule has 20 heteroatoms. The Kier molecular flexibility index (Phi) is 28.5. The molecule has 0 saturated carbocycles. The molecule has 0 heterocycles. The second-order valence-electron chi connectivity index (χ2n) is 17.9. The lowest BCUT2D eigenvalue weighted by atomic mass is 9.83. The Morgan fingerprint density at radius 3 is 0.952 bits per heavy atom. The first kappa shape index (κ1) is 69.9. The van der Waals surface area contributed by atoms with E-state index in [0.29, 0.717) is 29.5 Å². The van der Waals surface area contributed by atoms with Crippen LogP contribution in [0, 0.1) is 39.8 Å². The van der Waals surface area contributed by atoms with Crippen LogP contribution < -0.4 is 0 Å². The van der Waals surface area contributed by atoms with Crippen molar-refractivity contribution >= 4 is 8.29 Å². The van der Waals surface area contributed by atoms with Gasteiger partial charge in [-0.1, -0.05) is 102 Å². The van der Waals surface area contributed by atoms with E-state index in [9.17, 15) is 70.2 Å². The molecule has 382 valence electrons. The number of nitrogens with zero attached hydrogens (tertiary/aromatic N) is 1. The monoisotopic (exact) mass is 974 g/mol. The molecule has 0 N–H and O–H groups in total. The first-order valence-electron chi connectivity index (χ1n) is 20.3. The molecule has 0 spiro atoms. The molecule has 0 radical (unpaired) electrons. The molecule has 0 bridgehead atoms. The summed E-state index contributed by atoms with van der Waals surface area (Å²) in [6, 6.07) is 8.87. The number of nitriles is 1. The second kappa shape index (κ2) is 25.7. The van der Waals surface area contributed by atoms with Crippen molar-refractivity contribution in [3.63, 3.8) is 0 Å². The fourth-order valence-electron chi connectivity index (χ4n) is 4.42.